The van der Waals surface area contributed by atoms with E-state index in [0.29, 0.717) is 23.4 Å². The van der Waals surface area contributed by atoms with E-state index in [4.69, 9.17) is 0 Å². The molecule has 1 N–H and O–H groups in total. The fourth-order valence-electron chi connectivity index (χ4n) is 2.76. The van der Waals surface area contributed by atoms with Crippen molar-refractivity contribution in [2.45, 2.75) is 20.4 Å². The van der Waals surface area contributed by atoms with Crippen molar-refractivity contribution in [1.29, 1.82) is 0 Å². The molecule has 1 aromatic carbocycles. The van der Waals surface area contributed by atoms with E-state index in [2.05, 4.69) is 25.4 Å². The van der Waals surface area contributed by atoms with Gasteiger partial charge in [0.15, 0.2) is 5.82 Å². The van der Waals surface area contributed by atoms with Crippen LogP contribution in [-0.4, -0.2) is 30.6 Å². The molecule has 7 heteroatoms. The standard InChI is InChI=1S/C20H18N6O/c1-13-14(2)23-18-10-16(5-6-17(18)22-13)20(27)24-19-7-9-26(25-19)12-15-4-3-8-21-11-15/h3-11H,12H2,1-2H3,(H,24,25,27). The first-order valence-electron chi connectivity index (χ1n) is 8.57. The highest BCUT2D eigenvalue weighted by atomic mass is 16.1. The molecule has 4 aromatic rings. The lowest BCUT2D eigenvalue weighted by atomic mass is 10.1. The number of fused-ring (bicyclic) bond motifs is 1. The van der Waals surface area contributed by atoms with Gasteiger partial charge in [0.25, 0.3) is 5.91 Å². The molecule has 0 aliphatic carbocycles. The Balaban J connectivity index is 1.51. The topological polar surface area (TPSA) is 85.6 Å². The van der Waals surface area contributed by atoms with Crippen LogP contribution in [0.25, 0.3) is 11.0 Å². The number of carbonyl (C=O) groups excluding carboxylic acids is 1. The van der Waals surface area contributed by atoms with Gasteiger partial charge in [-0.3, -0.25) is 14.5 Å². The summed E-state index contributed by atoms with van der Waals surface area (Å²) in [6, 6.07) is 10.9. The van der Waals surface area contributed by atoms with E-state index in [-0.39, 0.29) is 5.91 Å². The monoisotopic (exact) mass is 358 g/mol. The summed E-state index contributed by atoms with van der Waals surface area (Å²) >= 11 is 0. The summed E-state index contributed by atoms with van der Waals surface area (Å²) in [7, 11) is 0. The predicted octanol–water partition coefficient (Wildman–Crippen LogP) is 3.14. The van der Waals surface area contributed by atoms with Crippen molar-refractivity contribution >= 4 is 22.8 Å². The molecule has 3 heterocycles. The van der Waals surface area contributed by atoms with Crippen LogP contribution in [0.1, 0.15) is 27.3 Å². The molecule has 3 aromatic heterocycles. The van der Waals surface area contributed by atoms with Gasteiger partial charge in [0.2, 0.25) is 0 Å². The largest absolute Gasteiger partial charge is 0.305 e. The van der Waals surface area contributed by atoms with E-state index >= 15 is 0 Å². The van der Waals surface area contributed by atoms with Gasteiger partial charge >= 0.3 is 0 Å². The number of carbonyl (C=O) groups is 1. The lowest BCUT2D eigenvalue weighted by Gasteiger charge is -2.06. The molecule has 0 radical (unpaired) electrons. The quantitative estimate of drug-likeness (QED) is 0.606. The summed E-state index contributed by atoms with van der Waals surface area (Å²) in [5.41, 5.74) is 4.77. The zero-order chi connectivity index (χ0) is 18.8. The van der Waals surface area contributed by atoms with E-state index in [1.54, 1.807) is 35.3 Å². The Bertz CT molecular complexity index is 1120. The van der Waals surface area contributed by atoms with E-state index in [0.717, 1.165) is 22.5 Å². The average molecular weight is 358 g/mol. The van der Waals surface area contributed by atoms with E-state index < -0.39 is 0 Å². The van der Waals surface area contributed by atoms with E-state index in [1.165, 1.54) is 0 Å². The highest BCUT2D eigenvalue weighted by Crippen LogP contribution is 2.16. The summed E-state index contributed by atoms with van der Waals surface area (Å²) < 4.78 is 1.75. The van der Waals surface area contributed by atoms with Crippen LogP contribution in [0.2, 0.25) is 0 Å². The summed E-state index contributed by atoms with van der Waals surface area (Å²) in [4.78, 5) is 25.6. The second-order valence-corrected chi connectivity index (χ2v) is 6.31. The van der Waals surface area contributed by atoms with Gasteiger partial charge in [0.1, 0.15) is 0 Å². The van der Waals surface area contributed by atoms with Crippen molar-refractivity contribution in [3.05, 3.63) is 77.5 Å². The van der Waals surface area contributed by atoms with Crippen molar-refractivity contribution < 1.29 is 4.79 Å². The third-order valence-corrected chi connectivity index (χ3v) is 4.29. The van der Waals surface area contributed by atoms with Crippen LogP contribution in [0, 0.1) is 13.8 Å². The molecule has 134 valence electrons. The first-order chi connectivity index (χ1) is 13.1. The molecular formula is C20H18N6O. The maximum absolute atomic E-state index is 12.6. The summed E-state index contributed by atoms with van der Waals surface area (Å²) in [5.74, 6) is 0.263. The highest BCUT2D eigenvalue weighted by molar-refractivity contribution is 6.05. The number of aryl methyl sites for hydroxylation is 2. The molecule has 0 saturated carbocycles. The Morgan fingerprint density at radius 3 is 2.67 bits per heavy atom. The Morgan fingerprint density at radius 2 is 1.89 bits per heavy atom. The summed E-state index contributed by atoms with van der Waals surface area (Å²) in [6.07, 6.45) is 5.34. The molecule has 0 fully saturated rings. The highest BCUT2D eigenvalue weighted by Gasteiger charge is 2.11. The smallest absolute Gasteiger partial charge is 0.256 e. The lowest BCUT2D eigenvalue weighted by Crippen LogP contribution is -2.13. The number of hydrogen-bond acceptors (Lipinski definition) is 5. The Labute approximate surface area is 156 Å². The molecule has 0 unspecified atom stereocenters. The van der Waals surface area contributed by atoms with Crippen molar-refractivity contribution in [3.63, 3.8) is 0 Å². The van der Waals surface area contributed by atoms with Crippen LogP contribution < -0.4 is 5.32 Å². The van der Waals surface area contributed by atoms with Crippen LogP contribution >= 0.6 is 0 Å². The second-order valence-electron chi connectivity index (χ2n) is 6.31. The third-order valence-electron chi connectivity index (χ3n) is 4.29. The number of amides is 1. The third kappa shape index (κ3) is 3.67. The van der Waals surface area contributed by atoms with Crippen molar-refractivity contribution in [2.24, 2.45) is 0 Å². The van der Waals surface area contributed by atoms with E-state index in [9.17, 15) is 4.79 Å². The van der Waals surface area contributed by atoms with E-state index in [1.807, 2.05) is 38.2 Å². The van der Waals surface area contributed by atoms with Gasteiger partial charge in [0, 0.05) is 30.2 Å². The van der Waals surface area contributed by atoms with Gasteiger partial charge in [-0.2, -0.15) is 5.10 Å². The minimum atomic E-state index is -0.233. The first kappa shape index (κ1) is 16.8. The Hall–Kier alpha value is -3.61. The van der Waals surface area contributed by atoms with Crippen LogP contribution in [0.4, 0.5) is 5.82 Å². The SMILES string of the molecule is Cc1nc2ccc(C(=O)Nc3ccn(Cc4cccnc4)n3)cc2nc1C. The fraction of sp³-hybridized carbons (Fsp3) is 0.150. The molecule has 0 saturated heterocycles. The number of pyridine rings is 1. The average Bonchev–Trinajstić information content (AvgIpc) is 3.10. The number of benzene rings is 1. The normalized spacial score (nSPS) is 10.9. The molecule has 0 atom stereocenters. The molecule has 0 aliphatic rings. The van der Waals surface area contributed by atoms with Gasteiger partial charge in [-0.05, 0) is 43.7 Å². The molecular weight excluding hydrogens is 340 g/mol. The number of nitrogens with one attached hydrogen (secondary N) is 1. The van der Waals surface area contributed by atoms with Gasteiger partial charge in [-0.1, -0.05) is 6.07 Å². The van der Waals surface area contributed by atoms with Crippen LogP contribution in [-0.2, 0) is 6.54 Å². The summed E-state index contributed by atoms with van der Waals surface area (Å²) in [6.45, 7) is 4.42. The lowest BCUT2D eigenvalue weighted by molar-refractivity contribution is 0.102. The predicted molar refractivity (Wildman–Crippen MR) is 103 cm³/mol. The second kappa shape index (κ2) is 6.95. The van der Waals surface area contributed by atoms with Crippen LogP contribution in [0.15, 0.2) is 55.0 Å². The minimum Gasteiger partial charge on any atom is -0.305 e. The Morgan fingerprint density at radius 1 is 1.07 bits per heavy atom. The zero-order valence-corrected chi connectivity index (χ0v) is 15.0. The maximum atomic E-state index is 12.6. The molecule has 4 rings (SSSR count). The number of anilines is 1. The van der Waals surface area contributed by atoms with Gasteiger partial charge in [-0.15, -0.1) is 0 Å². The molecule has 1 amide bonds. The van der Waals surface area contributed by atoms with Gasteiger partial charge < -0.3 is 5.32 Å². The summed E-state index contributed by atoms with van der Waals surface area (Å²) in [5, 5.41) is 7.21. The Kier molecular flexibility index (Phi) is 4.33. The van der Waals surface area contributed by atoms with Crippen molar-refractivity contribution in [1.82, 2.24) is 24.7 Å². The zero-order valence-electron chi connectivity index (χ0n) is 15.0. The molecule has 0 bridgehead atoms. The number of nitrogens with zero attached hydrogens (tertiary/aromatic N) is 5. The molecule has 0 aliphatic heterocycles. The van der Waals surface area contributed by atoms with Crippen LogP contribution in [0.3, 0.4) is 0 Å². The molecule has 27 heavy (non-hydrogen) atoms. The van der Waals surface area contributed by atoms with Crippen LogP contribution in [0.5, 0.6) is 0 Å². The maximum Gasteiger partial charge on any atom is 0.256 e. The van der Waals surface area contributed by atoms with Crippen molar-refractivity contribution in [3.8, 4) is 0 Å². The van der Waals surface area contributed by atoms with Crippen molar-refractivity contribution in [2.75, 3.05) is 5.32 Å². The first-order valence-corrected chi connectivity index (χ1v) is 8.57. The number of hydrogen-bond donors (Lipinski definition) is 1. The number of rotatable bonds is 4. The van der Waals surface area contributed by atoms with Gasteiger partial charge in [-0.25, -0.2) is 9.97 Å². The fourth-order valence-corrected chi connectivity index (χ4v) is 2.76. The molecule has 0 spiro atoms. The minimum absolute atomic E-state index is 0.233. The van der Waals surface area contributed by atoms with Gasteiger partial charge in [0.05, 0.1) is 29.0 Å². The number of aromatic nitrogens is 5. The molecule has 7 nitrogen and oxygen atoms in total.